The number of carbonyl (C=O) groups is 1. The number of esters is 1. The molecule has 0 fully saturated rings. The van der Waals surface area contributed by atoms with Gasteiger partial charge in [0.05, 0.1) is 6.61 Å². The highest BCUT2D eigenvalue weighted by molar-refractivity contribution is 5.65. The Morgan fingerprint density at radius 2 is 1.35 bits per heavy atom. The number of ether oxygens (including phenoxy) is 1. The molecule has 0 aromatic heterocycles. The van der Waals surface area contributed by atoms with E-state index >= 15 is 0 Å². The van der Waals surface area contributed by atoms with Crippen molar-refractivity contribution in [1.82, 2.24) is 0 Å². The largest absolute Gasteiger partial charge is 0.466 e. The lowest BCUT2D eigenvalue weighted by atomic mass is 10.0. The summed E-state index contributed by atoms with van der Waals surface area (Å²) in [5.41, 5.74) is 0. The first-order chi connectivity index (χ1) is 8.13. The molecule has 2 nitrogen and oxygen atoms in total. The van der Waals surface area contributed by atoms with E-state index in [4.69, 9.17) is 4.74 Å². The van der Waals surface area contributed by atoms with Crippen LogP contribution in [0.15, 0.2) is 0 Å². The molecular formula is C15H30O2. The van der Waals surface area contributed by atoms with Crippen molar-refractivity contribution in [1.29, 1.82) is 0 Å². The Balaban J connectivity index is 2.96. The number of unbranched alkanes of at least 4 members (excludes halogenated alkanes) is 7. The van der Waals surface area contributed by atoms with E-state index in [-0.39, 0.29) is 5.97 Å². The van der Waals surface area contributed by atoms with Gasteiger partial charge in [-0.15, -0.1) is 0 Å². The van der Waals surface area contributed by atoms with Gasteiger partial charge < -0.3 is 4.74 Å². The summed E-state index contributed by atoms with van der Waals surface area (Å²) in [6, 6.07) is 0. The third kappa shape index (κ3) is 15.5. The van der Waals surface area contributed by atoms with Gasteiger partial charge in [0, 0.05) is 6.92 Å². The third-order valence-electron chi connectivity index (χ3n) is 2.98. The lowest BCUT2D eigenvalue weighted by Gasteiger charge is -2.04. The molecule has 0 spiro atoms. The number of rotatable bonds is 11. The Labute approximate surface area is 107 Å². The molecule has 0 aromatic carbocycles. The maximum Gasteiger partial charge on any atom is 0.302 e. The van der Waals surface area contributed by atoms with Crippen molar-refractivity contribution < 1.29 is 9.53 Å². The van der Waals surface area contributed by atoms with Crippen LogP contribution in [0.3, 0.4) is 0 Å². The molecule has 0 aliphatic carbocycles. The zero-order chi connectivity index (χ0) is 12.9. The molecular weight excluding hydrogens is 212 g/mol. The van der Waals surface area contributed by atoms with Gasteiger partial charge >= 0.3 is 5.97 Å². The summed E-state index contributed by atoms with van der Waals surface area (Å²) in [6.45, 7) is 6.66. The predicted molar refractivity (Wildman–Crippen MR) is 73.0 cm³/mol. The topological polar surface area (TPSA) is 26.3 Å². The maximum atomic E-state index is 10.5. The van der Waals surface area contributed by atoms with E-state index in [9.17, 15) is 4.79 Å². The molecule has 0 saturated carbocycles. The number of hydrogen-bond acceptors (Lipinski definition) is 2. The van der Waals surface area contributed by atoms with Crippen LogP contribution in [0.5, 0.6) is 0 Å². The van der Waals surface area contributed by atoms with Gasteiger partial charge in [0.15, 0.2) is 0 Å². The van der Waals surface area contributed by atoms with Crippen LogP contribution in [0.4, 0.5) is 0 Å². The SMILES string of the molecule is CC(=O)OCCCCCCCCCCC(C)C. The predicted octanol–water partition coefficient (Wildman–Crippen LogP) is 4.72. The van der Waals surface area contributed by atoms with E-state index in [1.165, 1.54) is 58.3 Å². The smallest absolute Gasteiger partial charge is 0.302 e. The minimum atomic E-state index is -0.157. The second-order valence-corrected chi connectivity index (χ2v) is 5.35. The van der Waals surface area contributed by atoms with Crippen molar-refractivity contribution in [2.45, 2.75) is 78.6 Å². The average Bonchev–Trinajstić information content (AvgIpc) is 2.25. The summed E-state index contributed by atoms with van der Waals surface area (Å²) >= 11 is 0. The van der Waals surface area contributed by atoms with Gasteiger partial charge in [-0.2, -0.15) is 0 Å². The minimum Gasteiger partial charge on any atom is -0.466 e. The van der Waals surface area contributed by atoms with Crippen molar-refractivity contribution >= 4 is 5.97 Å². The Bertz CT molecular complexity index is 176. The summed E-state index contributed by atoms with van der Waals surface area (Å²) in [5.74, 6) is 0.700. The van der Waals surface area contributed by atoms with Crippen LogP contribution in [-0.2, 0) is 9.53 Å². The van der Waals surface area contributed by atoms with Crippen molar-refractivity contribution in [2.75, 3.05) is 6.61 Å². The first-order valence-electron chi connectivity index (χ1n) is 7.26. The zero-order valence-electron chi connectivity index (χ0n) is 12.0. The Morgan fingerprint density at radius 3 is 1.82 bits per heavy atom. The molecule has 2 heteroatoms. The summed E-state index contributed by atoms with van der Waals surface area (Å²) in [6.07, 6.45) is 11.7. The van der Waals surface area contributed by atoms with Crippen molar-refractivity contribution in [2.24, 2.45) is 5.92 Å². The molecule has 0 aromatic rings. The van der Waals surface area contributed by atoms with Crippen LogP contribution in [0.25, 0.3) is 0 Å². The van der Waals surface area contributed by atoms with Gasteiger partial charge in [0.2, 0.25) is 0 Å². The maximum absolute atomic E-state index is 10.5. The Morgan fingerprint density at radius 1 is 0.882 bits per heavy atom. The zero-order valence-corrected chi connectivity index (χ0v) is 12.0. The third-order valence-corrected chi connectivity index (χ3v) is 2.98. The highest BCUT2D eigenvalue weighted by Crippen LogP contribution is 2.12. The summed E-state index contributed by atoms with van der Waals surface area (Å²) in [5, 5.41) is 0. The average molecular weight is 242 g/mol. The molecule has 0 radical (unpaired) electrons. The van der Waals surface area contributed by atoms with Crippen LogP contribution >= 0.6 is 0 Å². The van der Waals surface area contributed by atoms with Crippen LogP contribution in [0.1, 0.15) is 78.6 Å². The first kappa shape index (κ1) is 16.5. The lowest BCUT2D eigenvalue weighted by Crippen LogP contribution is -2.00. The molecule has 0 aliphatic heterocycles. The molecule has 0 rings (SSSR count). The summed E-state index contributed by atoms with van der Waals surface area (Å²) < 4.78 is 4.88. The Kier molecular flexibility index (Phi) is 11.6. The molecule has 0 saturated heterocycles. The highest BCUT2D eigenvalue weighted by atomic mass is 16.5. The highest BCUT2D eigenvalue weighted by Gasteiger charge is 1.96. The molecule has 0 amide bonds. The lowest BCUT2D eigenvalue weighted by molar-refractivity contribution is -0.141. The monoisotopic (exact) mass is 242 g/mol. The molecule has 0 heterocycles. The second kappa shape index (κ2) is 11.9. The number of hydrogen-bond donors (Lipinski definition) is 0. The van der Waals surface area contributed by atoms with Crippen LogP contribution in [0, 0.1) is 5.92 Å². The van der Waals surface area contributed by atoms with Crippen LogP contribution in [-0.4, -0.2) is 12.6 Å². The standard InChI is InChI=1S/C15H30O2/c1-14(2)12-10-8-6-4-5-7-9-11-13-17-15(3)16/h14H,4-13H2,1-3H3. The normalized spacial score (nSPS) is 10.8. The summed E-state index contributed by atoms with van der Waals surface area (Å²) in [4.78, 5) is 10.5. The molecule has 102 valence electrons. The van der Waals surface area contributed by atoms with Crippen LogP contribution in [0.2, 0.25) is 0 Å². The minimum absolute atomic E-state index is 0.157. The fraction of sp³-hybridized carbons (Fsp3) is 0.933. The van der Waals surface area contributed by atoms with Crippen molar-refractivity contribution in [3.63, 3.8) is 0 Å². The molecule has 0 N–H and O–H groups in total. The van der Waals surface area contributed by atoms with E-state index in [1.807, 2.05) is 0 Å². The van der Waals surface area contributed by atoms with Gasteiger partial charge in [-0.1, -0.05) is 65.2 Å². The first-order valence-corrected chi connectivity index (χ1v) is 7.26. The molecule has 17 heavy (non-hydrogen) atoms. The number of carbonyl (C=O) groups excluding carboxylic acids is 1. The molecule has 0 aliphatic rings. The van der Waals surface area contributed by atoms with Crippen LogP contribution < -0.4 is 0 Å². The second-order valence-electron chi connectivity index (χ2n) is 5.35. The van der Waals surface area contributed by atoms with Gasteiger partial charge in [0.25, 0.3) is 0 Å². The van der Waals surface area contributed by atoms with E-state index in [2.05, 4.69) is 13.8 Å². The van der Waals surface area contributed by atoms with Crippen molar-refractivity contribution in [3.8, 4) is 0 Å². The Hall–Kier alpha value is -0.530. The van der Waals surface area contributed by atoms with Gasteiger partial charge in [-0.05, 0) is 12.3 Å². The molecule has 0 bridgehead atoms. The van der Waals surface area contributed by atoms with Crippen molar-refractivity contribution in [3.05, 3.63) is 0 Å². The van der Waals surface area contributed by atoms with E-state index in [0.717, 1.165) is 12.3 Å². The van der Waals surface area contributed by atoms with Gasteiger partial charge in [-0.3, -0.25) is 4.79 Å². The quantitative estimate of drug-likeness (QED) is 0.387. The van der Waals surface area contributed by atoms with Gasteiger partial charge in [0.1, 0.15) is 0 Å². The van der Waals surface area contributed by atoms with E-state index < -0.39 is 0 Å². The van der Waals surface area contributed by atoms with Gasteiger partial charge in [-0.25, -0.2) is 0 Å². The van der Waals surface area contributed by atoms with E-state index in [1.54, 1.807) is 0 Å². The fourth-order valence-electron chi connectivity index (χ4n) is 1.93. The molecule has 0 unspecified atom stereocenters. The molecule has 0 atom stereocenters. The van der Waals surface area contributed by atoms with E-state index in [0.29, 0.717) is 6.61 Å². The summed E-state index contributed by atoms with van der Waals surface area (Å²) in [7, 11) is 0. The fourth-order valence-corrected chi connectivity index (χ4v) is 1.93.